The van der Waals surface area contributed by atoms with Gasteiger partial charge < -0.3 is 14.3 Å². The van der Waals surface area contributed by atoms with Crippen LogP contribution in [0.1, 0.15) is 36.8 Å². The molecule has 0 bridgehead atoms. The van der Waals surface area contributed by atoms with E-state index in [-0.39, 0.29) is 0 Å². The molecule has 0 amide bonds. The monoisotopic (exact) mass is 388 g/mol. The molecule has 0 radical (unpaired) electrons. The largest absolute Gasteiger partial charge is 0.424 e. The summed E-state index contributed by atoms with van der Waals surface area (Å²) < 4.78 is 9.14. The van der Waals surface area contributed by atoms with Crippen LogP contribution in [0.3, 0.4) is 0 Å². The maximum Gasteiger partial charge on any atom is 0.295 e. The molecule has 3 aromatic rings. The highest BCUT2D eigenvalue weighted by Gasteiger charge is 2.17. The summed E-state index contributed by atoms with van der Waals surface area (Å²) in [6.45, 7) is 3.92. The number of benzene rings is 1. The molecule has 0 saturated heterocycles. The predicted octanol–water partition coefficient (Wildman–Crippen LogP) is 4.34. The van der Waals surface area contributed by atoms with E-state index in [1.165, 1.54) is 29.9 Å². The van der Waals surface area contributed by atoms with E-state index in [0.29, 0.717) is 6.01 Å². The summed E-state index contributed by atoms with van der Waals surface area (Å²) in [5.41, 5.74) is 4.16. The van der Waals surface area contributed by atoms with E-state index < -0.39 is 0 Å². The van der Waals surface area contributed by atoms with Crippen LogP contribution in [0.2, 0.25) is 0 Å². The van der Waals surface area contributed by atoms with E-state index in [0.717, 1.165) is 48.1 Å². The highest BCUT2D eigenvalue weighted by Crippen LogP contribution is 2.26. The van der Waals surface area contributed by atoms with Crippen LogP contribution in [-0.2, 0) is 25.8 Å². The summed E-state index contributed by atoms with van der Waals surface area (Å²) in [7, 11) is 0. The van der Waals surface area contributed by atoms with Crippen LogP contribution in [0.4, 0.5) is 6.01 Å². The van der Waals surface area contributed by atoms with Crippen LogP contribution in [-0.4, -0.2) is 21.1 Å². The molecule has 0 fully saturated rings. The van der Waals surface area contributed by atoms with Gasteiger partial charge in [0.05, 0.1) is 5.69 Å². The standard InChI is InChI=1S/C18H21BrN4O/c1-2-20-18-22-14-11-12(7-9-15(14)24-18)6-8-13-17(19)23-10-4-3-5-16(23)21-13/h7,9,11H,2-6,8,10H2,1H3,(H,20,22). The molecule has 3 heterocycles. The van der Waals surface area contributed by atoms with Crippen LogP contribution in [0.25, 0.3) is 11.1 Å². The van der Waals surface area contributed by atoms with Gasteiger partial charge in [-0.15, -0.1) is 0 Å². The fourth-order valence-corrected chi connectivity index (χ4v) is 3.95. The Kier molecular flexibility index (Phi) is 4.31. The number of halogens is 1. The Morgan fingerprint density at radius 2 is 2.17 bits per heavy atom. The first-order valence-corrected chi connectivity index (χ1v) is 9.41. The van der Waals surface area contributed by atoms with E-state index in [1.54, 1.807) is 0 Å². The SMILES string of the molecule is CCNc1nc2cc(CCc3nc4n(c3Br)CCCC4)ccc2o1. The van der Waals surface area contributed by atoms with Gasteiger partial charge in [-0.25, -0.2) is 4.98 Å². The minimum atomic E-state index is 0.592. The van der Waals surface area contributed by atoms with Crippen LogP contribution in [0.15, 0.2) is 27.2 Å². The normalized spacial score (nSPS) is 14.1. The fraction of sp³-hybridized carbons (Fsp3) is 0.444. The minimum Gasteiger partial charge on any atom is -0.424 e. The molecule has 4 rings (SSSR count). The molecular formula is C18H21BrN4O. The summed E-state index contributed by atoms with van der Waals surface area (Å²) >= 11 is 3.74. The van der Waals surface area contributed by atoms with Gasteiger partial charge in [0.15, 0.2) is 5.58 Å². The highest BCUT2D eigenvalue weighted by molar-refractivity contribution is 9.10. The van der Waals surface area contributed by atoms with Crippen molar-refractivity contribution in [1.82, 2.24) is 14.5 Å². The second kappa shape index (κ2) is 6.59. The van der Waals surface area contributed by atoms with Crippen molar-refractivity contribution in [1.29, 1.82) is 0 Å². The van der Waals surface area contributed by atoms with E-state index in [1.807, 2.05) is 13.0 Å². The number of hydrogen-bond acceptors (Lipinski definition) is 4. The van der Waals surface area contributed by atoms with Crippen molar-refractivity contribution in [3.8, 4) is 0 Å². The van der Waals surface area contributed by atoms with Crippen molar-refractivity contribution in [3.05, 3.63) is 39.9 Å². The van der Waals surface area contributed by atoms with Gasteiger partial charge in [0, 0.05) is 19.5 Å². The van der Waals surface area contributed by atoms with Crippen molar-refractivity contribution in [2.45, 2.75) is 45.6 Å². The molecule has 1 aliphatic rings. The van der Waals surface area contributed by atoms with Gasteiger partial charge in [-0.3, -0.25) is 0 Å². The Balaban J connectivity index is 1.51. The van der Waals surface area contributed by atoms with E-state index >= 15 is 0 Å². The molecule has 0 aliphatic carbocycles. The predicted molar refractivity (Wildman–Crippen MR) is 98.4 cm³/mol. The zero-order chi connectivity index (χ0) is 16.5. The molecule has 2 aromatic heterocycles. The van der Waals surface area contributed by atoms with Crippen molar-refractivity contribution in [2.24, 2.45) is 0 Å². The first kappa shape index (κ1) is 15.7. The van der Waals surface area contributed by atoms with Gasteiger partial charge in [-0.1, -0.05) is 6.07 Å². The number of anilines is 1. The number of imidazole rings is 1. The minimum absolute atomic E-state index is 0.592. The molecular weight excluding hydrogens is 368 g/mol. The third kappa shape index (κ3) is 2.95. The van der Waals surface area contributed by atoms with Gasteiger partial charge in [0.2, 0.25) is 0 Å². The lowest BCUT2D eigenvalue weighted by atomic mass is 10.1. The summed E-state index contributed by atoms with van der Waals surface area (Å²) in [6.07, 6.45) is 5.48. The molecule has 1 N–H and O–H groups in total. The average molecular weight is 389 g/mol. The molecule has 1 aliphatic heterocycles. The van der Waals surface area contributed by atoms with Crippen molar-refractivity contribution < 1.29 is 4.42 Å². The maximum absolute atomic E-state index is 5.66. The average Bonchev–Trinajstić information content (AvgIpc) is 3.14. The number of nitrogens with zero attached hydrogens (tertiary/aromatic N) is 3. The van der Waals surface area contributed by atoms with Gasteiger partial charge in [-0.05, 0) is 66.2 Å². The topological polar surface area (TPSA) is 55.9 Å². The lowest BCUT2D eigenvalue weighted by molar-refractivity contribution is 0.516. The fourth-order valence-electron chi connectivity index (χ4n) is 3.28. The van der Waals surface area contributed by atoms with E-state index in [2.05, 4.69) is 42.9 Å². The van der Waals surface area contributed by atoms with Crippen LogP contribution >= 0.6 is 15.9 Å². The lowest BCUT2D eigenvalue weighted by Gasteiger charge is -2.13. The first-order valence-electron chi connectivity index (χ1n) is 8.61. The Bertz CT molecular complexity index is 867. The van der Waals surface area contributed by atoms with Crippen LogP contribution in [0, 0.1) is 0 Å². The number of nitrogens with one attached hydrogen (secondary N) is 1. The van der Waals surface area contributed by atoms with Crippen molar-refractivity contribution in [3.63, 3.8) is 0 Å². The maximum atomic E-state index is 5.66. The lowest BCUT2D eigenvalue weighted by Crippen LogP contribution is -2.10. The zero-order valence-electron chi connectivity index (χ0n) is 13.8. The number of hydrogen-bond donors (Lipinski definition) is 1. The highest BCUT2D eigenvalue weighted by atomic mass is 79.9. The van der Waals surface area contributed by atoms with Crippen molar-refractivity contribution in [2.75, 3.05) is 11.9 Å². The summed E-state index contributed by atoms with van der Waals surface area (Å²) in [6, 6.07) is 6.83. The quantitative estimate of drug-likeness (QED) is 0.705. The zero-order valence-corrected chi connectivity index (χ0v) is 15.4. The van der Waals surface area contributed by atoms with Gasteiger partial charge in [-0.2, -0.15) is 4.98 Å². The number of fused-ring (bicyclic) bond motifs is 2. The molecule has 5 nitrogen and oxygen atoms in total. The van der Waals surface area contributed by atoms with Crippen LogP contribution < -0.4 is 5.32 Å². The Morgan fingerprint density at radius 1 is 1.25 bits per heavy atom. The first-order chi connectivity index (χ1) is 11.7. The van der Waals surface area contributed by atoms with E-state index in [4.69, 9.17) is 9.40 Å². The Morgan fingerprint density at radius 3 is 3.00 bits per heavy atom. The molecule has 6 heteroatoms. The molecule has 24 heavy (non-hydrogen) atoms. The second-order valence-electron chi connectivity index (χ2n) is 6.23. The molecule has 0 saturated carbocycles. The molecule has 0 unspecified atom stereocenters. The number of aryl methyl sites for hydroxylation is 3. The van der Waals surface area contributed by atoms with Gasteiger partial charge >= 0.3 is 0 Å². The number of rotatable bonds is 5. The summed E-state index contributed by atoms with van der Waals surface area (Å²) in [4.78, 5) is 9.31. The molecule has 126 valence electrons. The smallest absolute Gasteiger partial charge is 0.295 e. The van der Waals surface area contributed by atoms with Gasteiger partial charge in [0.25, 0.3) is 6.01 Å². The van der Waals surface area contributed by atoms with Gasteiger partial charge in [0.1, 0.15) is 15.9 Å². The summed E-state index contributed by atoms with van der Waals surface area (Å²) in [5.74, 6) is 1.23. The Hall–Kier alpha value is -1.82. The third-order valence-corrected chi connectivity index (χ3v) is 5.40. The molecule has 0 atom stereocenters. The Labute approximate surface area is 149 Å². The van der Waals surface area contributed by atoms with Crippen LogP contribution in [0.5, 0.6) is 0 Å². The molecule has 1 aromatic carbocycles. The number of oxazole rings is 1. The molecule has 0 spiro atoms. The summed E-state index contributed by atoms with van der Waals surface area (Å²) in [5, 5.41) is 3.11. The second-order valence-corrected chi connectivity index (χ2v) is 6.98. The van der Waals surface area contributed by atoms with Crippen molar-refractivity contribution >= 4 is 33.0 Å². The van der Waals surface area contributed by atoms with E-state index in [9.17, 15) is 0 Å². The third-order valence-electron chi connectivity index (χ3n) is 4.51. The number of aromatic nitrogens is 3.